The van der Waals surface area contributed by atoms with Gasteiger partial charge in [0, 0.05) is 22.8 Å². The Morgan fingerprint density at radius 1 is 1.41 bits per heavy atom. The summed E-state index contributed by atoms with van der Waals surface area (Å²) in [6.45, 7) is 7.04. The van der Waals surface area contributed by atoms with Crippen molar-refractivity contribution < 1.29 is 8.42 Å². The number of hydrogen-bond acceptors (Lipinski definition) is 4. The van der Waals surface area contributed by atoms with Crippen molar-refractivity contribution in [3.63, 3.8) is 0 Å². The second kappa shape index (κ2) is 6.52. The van der Waals surface area contributed by atoms with E-state index >= 15 is 0 Å². The molecule has 98 valence electrons. The fourth-order valence-electron chi connectivity index (χ4n) is 1.46. The van der Waals surface area contributed by atoms with Crippen molar-refractivity contribution >= 4 is 21.2 Å². The molecule has 0 fully saturated rings. The standard InChI is InChI=1S/C12H21NO2S2/c1-4-11(3)17(14,15)8-7-13-9-12-6-5-10(2)16-12/h5-6,11,13H,4,7-9H2,1-3H3. The quantitative estimate of drug-likeness (QED) is 0.777. The Labute approximate surface area is 108 Å². The minimum absolute atomic E-state index is 0.228. The van der Waals surface area contributed by atoms with Crippen LogP contribution in [0.5, 0.6) is 0 Å². The van der Waals surface area contributed by atoms with Crippen molar-refractivity contribution in [2.75, 3.05) is 12.3 Å². The molecule has 0 spiro atoms. The summed E-state index contributed by atoms with van der Waals surface area (Å²) in [7, 11) is -2.92. The SMILES string of the molecule is CCC(C)S(=O)(=O)CCNCc1ccc(C)s1. The molecule has 0 amide bonds. The van der Waals surface area contributed by atoms with Gasteiger partial charge in [-0.05, 0) is 32.4 Å². The summed E-state index contributed by atoms with van der Waals surface area (Å²) < 4.78 is 23.5. The van der Waals surface area contributed by atoms with E-state index in [4.69, 9.17) is 0 Å². The molecule has 1 atom stereocenters. The van der Waals surface area contributed by atoms with Crippen LogP contribution in [-0.4, -0.2) is 26.0 Å². The van der Waals surface area contributed by atoms with Gasteiger partial charge in [0.15, 0.2) is 9.84 Å². The van der Waals surface area contributed by atoms with Crippen LogP contribution in [0.25, 0.3) is 0 Å². The monoisotopic (exact) mass is 275 g/mol. The molecule has 0 aromatic carbocycles. The highest BCUT2D eigenvalue weighted by atomic mass is 32.2. The minimum atomic E-state index is -2.92. The van der Waals surface area contributed by atoms with E-state index in [1.807, 2.05) is 6.92 Å². The third-order valence-corrected chi connectivity index (χ3v) is 6.18. The number of nitrogens with one attached hydrogen (secondary N) is 1. The third kappa shape index (κ3) is 4.77. The van der Waals surface area contributed by atoms with E-state index in [9.17, 15) is 8.42 Å². The van der Waals surface area contributed by atoms with Crippen LogP contribution in [0.15, 0.2) is 12.1 Å². The molecule has 17 heavy (non-hydrogen) atoms. The Morgan fingerprint density at radius 3 is 2.65 bits per heavy atom. The molecule has 0 saturated carbocycles. The first-order chi connectivity index (χ1) is 7.95. The lowest BCUT2D eigenvalue weighted by molar-refractivity contribution is 0.576. The van der Waals surface area contributed by atoms with Gasteiger partial charge in [0.25, 0.3) is 0 Å². The average Bonchev–Trinajstić information content (AvgIpc) is 2.69. The topological polar surface area (TPSA) is 46.2 Å². The molecule has 3 nitrogen and oxygen atoms in total. The Bertz CT molecular complexity index is 437. The maximum absolute atomic E-state index is 11.7. The third-order valence-electron chi connectivity index (χ3n) is 2.85. The summed E-state index contributed by atoms with van der Waals surface area (Å²) >= 11 is 1.74. The predicted molar refractivity (Wildman–Crippen MR) is 74.3 cm³/mol. The summed E-state index contributed by atoms with van der Waals surface area (Å²) in [5.74, 6) is 0.229. The van der Waals surface area contributed by atoms with Crippen LogP contribution in [0.4, 0.5) is 0 Å². The maximum atomic E-state index is 11.7. The largest absolute Gasteiger partial charge is 0.311 e. The van der Waals surface area contributed by atoms with Gasteiger partial charge in [-0.25, -0.2) is 8.42 Å². The summed E-state index contributed by atoms with van der Waals surface area (Å²) in [6.07, 6.45) is 0.687. The van der Waals surface area contributed by atoms with Gasteiger partial charge in [-0.3, -0.25) is 0 Å². The summed E-state index contributed by atoms with van der Waals surface area (Å²) in [5, 5.41) is 2.95. The summed E-state index contributed by atoms with van der Waals surface area (Å²) in [5.41, 5.74) is 0. The highest BCUT2D eigenvalue weighted by Crippen LogP contribution is 2.14. The number of hydrogen-bond donors (Lipinski definition) is 1. The van der Waals surface area contributed by atoms with E-state index in [0.29, 0.717) is 13.0 Å². The van der Waals surface area contributed by atoms with E-state index in [2.05, 4.69) is 24.4 Å². The second-order valence-electron chi connectivity index (χ2n) is 4.27. The van der Waals surface area contributed by atoms with Gasteiger partial charge >= 0.3 is 0 Å². The van der Waals surface area contributed by atoms with Crippen molar-refractivity contribution in [2.24, 2.45) is 0 Å². The Kier molecular flexibility index (Phi) is 5.62. The first-order valence-electron chi connectivity index (χ1n) is 5.93. The molecule has 0 aliphatic heterocycles. The number of sulfone groups is 1. The number of aryl methyl sites for hydroxylation is 1. The van der Waals surface area contributed by atoms with Gasteiger partial charge in [0.05, 0.1) is 11.0 Å². The van der Waals surface area contributed by atoms with Crippen LogP contribution in [0.2, 0.25) is 0 Å². The molecular formula is C12H21NO2S2. The van der Waals surface area contributed by atoms with Crippen LogP contribution in [0.3, 0.4) is 0 Å². The lowest BCUT2D eigenvalue weighted by Gasteiger charge is -2.10. The van der Waals surface area contributed by atoms with E-state index < -0.39 is 9.84 Å². The molecule has 1 N–H and O–H groups in total. The first kappa shape index (κ1) is 14.7. The molecule has 0 aliphatic carbocycles. The van der Waals surface area contributed by atoms with Crippen molar-refractivity contribution in [3.05, 3.63) is 21.9 Å². The van der Waals surface area contributed by atoms with Crippen molar-refractivity contribution in [1.82, 2.24) is 5.32 Å². The van der Waals surface area contributed by atoms with Crippen molar-refractivity contribution in [1.29, 1.82) is 0 Å². The fraction of sp³-hybridized carbons (Fsp3) is 0.667. The summed E-state index contributed by atoms with van der Waals surface area (Å²) in [4.78, 5) is 2.54. The van der Waals surface area contributed by atoms with Gasteiger partial charge in [0.2, 0.25) is 0 Å². The van der Waals surface area contributed by atoms with Gasteiger partial charge < -0.3 is 5.32 Å². The first-order valence-corrected chi connectivity index (χ1v) is 8.46. The van der Waals surface area contributed by atoms with E-state index in [0.717, 1.165) is 6.54 Å². The molecule has 5 heteroatoms. The zero-order valence-corrected chi connectivity index (χ0v) is 12.3. The van der Waals surface area contributed by atoms with Crippen molar-refractivity contribution in [2.45, 2.75) is 39.0 Å². The molecule has 1 unspecified atom stereocenters. The van der Waals surface area contributed by atoms with Crippen LogP contribution < -0.4 is 5.32 Å². The average molecular weight is 275 g/mol. The van der Waals surface area contributed by atoms with Crippen LogP contribution in [-0.2, 0) is 16.4 Å². The van der Waals surface area contributed by atoms with Crippen LogP contribution in [0, 0.1) is 6.92 Å². The lowest BCUT2D eigenvalue weighted by Crippen LogP contribution is -2.27. The maximum Gasteiger partial charge on any atom is 0.154 e. The smallest absolute Gasteiger partial charge is 0.154 e. The Balaban J connectivity index is 2.29. The zero-order chi connectivity index (χ0) is 12.9. The van der Waals surface area contributed by atoms with E-state index in [-0.39, 0.29) is 11.0 Å². The molecule has 1 rings (SSSR count). The van der Waals surface area contributed by atoms with Gasteiger partial charge in [0.1, 0.15) is 0 Å². The van der Waals surface area contributed by atoms with Crippen molar-refractivity contribution in [3.8, 4) is 0 Å². The van der Waals surface area contributed by atoms with Gasteiger partial charge in [-0.15, -0.1) is 11.3 Å². The van der Waals surface area contributed by atoms with Gasteiger partial charge in [-0.2, -0.15) is 0 Å². The predicted octanol–water partition coefficient (Wildman–Crippen LogP) is 2.36. The molecule has 1 aromatic rings. The zero-order valence-electron chi connectivity index (χ0n) is 10.7. The molecular weight excluding hydrogens is 254 g/mol. The van der Waals surface area contributed by atoms with Crippen LogP contribution in [0.1, 0.15) is 30.0 Å². The van der Waals surface area contributed by atoms with Crippen LogP contribution >= 0.6 is 11.3 Å². The van der Waals surface area contributed by atoms with E-state index in [1.54, 1.807) is 18.3 Å². The minimum Gasteiger partial charge on any atom is -0.311 e. The molecule has 1 heterocycles. The molecule has 0 bridgehead atoms. The van der Waals surface area contributed by atoms with E-state index in [1.165, 1.54) is 9.75 Å². The second-order valence-corrected chi connectivity index (χ2v) is 8.19. The Hall–Kier alpha value is -0.390. The lowest BCUT2D eigenvalue weighted by atomic mass is 10.4. The molecule has 0 radical (unpaired) electrons. The number of rotatable bonds is 7. The molecule has 0 aliphatic rings. The van der Waals surface area contributed by atoms with Gasteiger partial charge in [-0.1, -0.05) is 6.92 Å². The highest BCUT2D eigenvalue weighted by molar-refractivity contribution is 7.92. The fourth-order valence-corrected chi connectivity index (χ4v) is 3.66. The Morgan fingerprint density at radius 2 is 2.12 bits per heavy atom. The number of thiophene rings is 1. The normalized spacial score (nSPS) is 13.8. The summed E-state index contributed by atoms with van der Waals surface area (Å²) in [6, 6.07) is 4.16. The highest BCUT2D eigenvalue weighted by Gasteiger charge is 2.17. The molecule has 0 saturated heterocycles. The molecule has 1 aromatic heterocycles.